The largest absolute Gasteiger partial charge is 0.476 e. The summed E-state index contributed by atoms with van der Waals surface area (Å²) >= 11 is 0. The summed E-state index contributed by atoms with van der Waals surface area (Å²) in [5, 5.41) is 14.5. The van der Waals surface area contributed by atoms with Gasteiger partial charge in [0.15, 0.2) is 11.9 Å². The number of rotatable bonds is 3. The van der Waals surface area contributed by atoms with E-state index in [-0.39, 0.29) is 0 Å². The first kappa shape index (κ1) is 8.74. The van der Waals surface area contributed by atoms with Crippen LogP contribution in [0.15, 0.2) is 0 Å². The van der Waals surface area contributed by atoms with Crippen molar-refractivity contribution in [1.82, 2.24) is 0 Å². The highest BCUT2D eigenvalue weighted by molar-refractivity contribution is 6.63. The van der Waals surface area contributed by atoms with Gasteiger partial charge in [-0.25, -0.2) is 9.18 Å². The number of carbonyl (C=O) groups is 2. The van der Waals surface area contributed by atoms with Crippen LogP contribution in [0.4, 0.5) is 4.39 Å². The van der Waals surface area contributed by atoms with Crippen LogP contribution in [-0.2, 0) is 9.59 Å². The third kappa shape index (κ3) is 1.93. The zero-order valence-electron chi connectivity index (χ0n) is 5.22. The molecule has 1 unspecified atom stereocenters. The number of carboxylic acid groups (broad SMARTS) is 1. The molecule has 10 heavy (non-hydrogen) atoms. The molecule has 0 saturated carbocycles. The molecular formula is C5H6FNO3. The highest BCUT2D eigenvalue weighted by atomic mass is 19.1. The van der Waals surface area contributed by atoms with Gasteiger partial charge in [0.2, 0.25) is 5.78 Å². The molecule has 0 aromatic carbocycles. The van der Waals surface area contributed by atoms with Crippen molar-refractivity contribution < 1.29 is 19.1 Å². The zero-order chi connectivity index (χ0) is 8.31. The van der Waals surface area contributed by atoms with Gasteiger partial charge in [-0.3, -0.25) is 10.2 Å². The van der Waals surface area contributed by atoms with E-state index in [2.05, 4.69) is 0 Å². The fourth-order valence-corrected chi connectivity index (χ4v) is 0.304. The second kappa shape index (κ2) is 3.05. The minimum absolute atomic E-state index is 0.889. The fourth-order valence-electron chi connectivity index (χ4n) is 0.304. The minimum Gasteiger partial charge on any atom is -0.476 e. The van der Waals surface area contributed by atoms with E-state index >= 15 is 0 Å². The van der Waals surface area contributed by atoms with Gasteiger partial charge in [-0.15, -0.1) is 0 Å². The molecule has 0 spiro atoms. The summed E-state index contributed by atoms with van der Waals surface area (Å²) in [5.41, 5.74) is -1.21. The van der Waals surface area contributed by atoms with E-state index in [0.717, 1.165) is 6.92 Å². The summed E-state index contributed by atoms with van der Waals surface area (Å²) in [5.74, 6) is -3.00. The van der Waals surface area contributed by atoms with Crippen molar-refractivity contribution in [3.63, 3.8) is 0 Å². The van der Waals surface area contributed by atoms with Crippen LogP contribution in [-0.4, -0.2) is 28.7 Å². The van der Waals surface area contributed by atoms with Crippen molar-refractivity contribution in [2.75, 3.05) is 0 Å². The maximum atomic E-state index is 12.0. The normalized spacial score (nSPS) is 12.2. The van der Waals surface area contributed by atoms with Gasteiger partial charge in [-0.05, 0) is 6.92 Å². The first-order chi connectivity index (χ1) is 4.46. The molecule has 0 aliphatic heterocycles. The zero-order valence-corrected chi connectivity index (χ0v) is 5.22. The molecule has 4 nitrogen and oxygen atoms in total. The SMILES string of the molecule is CC(F)C(=O)C(=N)C(=O)O. The Balaban J connectivity index is 4.24. The first-order valence-electron chi connectivity index (χ1n) is 2.47. The summed E-state index contributed by atoms with van der Waals surface area (Å²) in [7, 11) is 0. The van der Waals surface area contributed by atoms with E-state index in [0.29, 0.717) is 0 Å². The van der Waals surface area contributed by atoms with Crippen LogP contribution in [0, 0.1) is 5.41 Å². The van der Waals surface area contributed by atoms with Crippen molar-refractivity contribution in [2.24, 2.45) is 0 Å². The topological polar surface area (TPSA) is 78.2 Å². The van der Waals surface area contributed by atoms with Gasteiger partial charge in [0.05, 0.1) is 0 Å². The Labute approximate surface area is 56.2 Å². The lowest BCUT2D eigenvalue weighted by Gasteiger charge is -1.96. The van der Waals surface area contributed by atoms with Crippen LogP contribution in [0.2, 0.25) is 0 Å². The average molecular weight is 147 g/mol. The molecule has 0 aliphatic carbocycles. The number of nitrogens with one attached hydrogen (secondary N) is 1. The quantitative estimate of drug-likeness (QED) is 0.436. The number of halogens is 1. The van der Waals surface area contributed by atoms with E-state index in [1.165, 1.54) is 0 Å². The van der Waals surface area contributed by atoms with E-state index in [1.54, 1.807) is 0 Å². The Morgan fingerprint density at radius 2 is 2.00 bits per heavy atom. The number of hydrogen-bond donors (Lipinski definition) is 2. The van der Waals surface area contributed by atoms with Crippen LogP contribution in [0.3, 0.4) is 0 Å². The van der Waals surface area contributed by atoms with E-state index in [1.807, 2.05) is 0 Å². The molecule has 0 saturated heterocycles. The lowest BCUT2D eigenvalue weighted by atomic mass is 10.2. The highest BCUT2D eigenvalue weighted by Crippen LogP contribution is 1.91. The Kier molecular flexibility index (Phi) is 2.66. The Bertz CT molecular complexity index is 187. The number of Topliss-reactive ketones (excluding diaryl/α,β-unsaturated/α-hetero) is 1. The third-order valence-electron chi connectivity index (χ3n) is 0.822. The molecule has 56 valence electrons. The van der Waals surface area contributed by atoms with Crippen LogP contribution >= 0.6 is 0 Å². The predicted molar refractivity (Wildman–Crippen MR) is 30.9 cm³/mol. The van der Waals surface area contributed by atoms with Crippen molar-refractivity contribution in [3.05, 3.63) is 0 Å². The average Bonchev–Trinajstić information content (AvgIpc) is 1.84. The maximum Gasteiger partial charge on any atom is 0.357 e. The van der Waals surface area contributed by atoms with Gasteiger partial charge < -0.3 is 5.11 Å². The lowest BCUT2D eigenvalue weighted by Crippen LogP contribution is -2.28. The molecule has 2 N–H and O–H groups in total. The third-order valence-corrected chi connectivity index (χ3v) is 0.822. The van der Waals surface area contributed by atoms with Crippen LogP contribution in [0.25, 0.3) is 0 Å². The molecule has 0 fully saturated rings. The Morgan fingerprint density at radius 3 is 2.10 bits per heavy atom. The number of carboxylic acids is 1. The molecule has 0 aromatic rings. The number of ketones is 1. The van der Waals surface area contributed by atoms with Crippen molar-refractivity contribution in [1.29, 1.82) is 5.41 Å². The molecule has 0 bridgehead atoms. The maximum absolute atomic E-state index is 12.0. The second-order valence-electron chi connectivity index (χ2n) is 1.66. The number of alkyl halides is 1. The van der Waals surface area contributed by atoms with E-state index in [4.69, 9.17) is 10.5 Å². The van der Waals surface area contributed by atoms with Crippen molar-refractivity contribution in [2.45, 2.75) is 13.1 Å². The summed E-state index contributed by atoms with van der Waals surface area (Å²) in [6, 6.07) is 0. The van der Waals surface area contributed by atoms with Crippen molar-refractivity contribution in [3.8, 4) is 0 Å². The van der Waals surface area contributed by atoms with Gasteiger partial charge >= 0.3 is 5.97 Å². The summed E-state index contributed by atoms with van der Waals surface area (Å²) in [6.07, 6.45) is -1.91. The Morgan fingerprint density at radius 1 is 1.60 bits per heavy atom. The summed E-state index contributed by atoms with van der Waals surface area (Å²) in [4.78, 5) is 20.1. The van der Waals surface area contributed by atoms with E-state index < -0.39 is 23.6 Å². The van der Waals surface area contributed by atoms with Gasteiger partial charge in [0, 0.05) is 0 Å². The predicted octanol–water partition coefficient (Wildman–Crippen LogP) is 0.0179. The van der Waals surface area contributed by atoms with Gasteiger partial charge in [0.25, 0.3) is 0 Å². The molecular weight excluding hydrogens is 141 g/mol. The van der Waals surface area contributed by atoms with Gasteiger partial charge in [-0.1, -0.05) is 0 Å². The van der Waals surface area contributed by atoms with Crippen LogP contribution < -0.4 is 0 Å². The van der Waals surface area contributed by atoms with Crippen LogP contribution in [0.5, 0.6) is 0 Å². The van der Waals surface area contributed by atoms with Gasteiger partial charge in [0.1, 0.15) is 0 Å². The number of hydrogen-bond acceptors (Lipinski definition) is 3. The second-order valence-corrected chi connectivity index (χ2v) is 1.66. The molecule has 5 heteroatoms. The van der Waals surface area contributed by atoms with Gasteiger partial charge in [-0.2, -0.15) is 0 Å². The Hall–Kier alpha value is -1.26. The molecule has 0 heterocycles. The smallest absolute Gasteiger partial charge is 0.357 e. The summed E-state index contributed by atoms with van der Waals surface area (Å²) in [6.45, 7) is 0.889. The molecule has 0 aliphatic rings. The lowest BCUT2D eigenvalue weighted by molar-refractivity contribution is -0.130. The minimum atomic E-state index is -1.91. The molecule has 1 atom stereocenters. The molecule has 0 radical (unpaired) electrons. The first-order valence-corrected chi connectivity index (χ1v) is 2.47. The number of carbonyl (C=O) groups excluding carboxylic acids is 1. The summed E-state index contributed by atoms with van der Waals surface area (Å²) < 4.78 is 12.0. The molecule has 0 rings (SSSR count). The molecule has 0 aromatic heterocycles. The molecule has 0 amide bonds. The fraction of sp³-hybridized carbons (Fsp3) is 0.400. The van der Waals surface area contributed by atoms with Crippen molar-refractivity contribution >= 4 is 17.5 Å². The monoisotopic (exact) mass is 147 g/mol. The standard InChI is InChI=1S/C5H6FNO3/c1-2(6)4(8)3(7)5(9)10/h2,7H,1H3,(H,9,10). The van der Waals surface area contributed by atoms with Crippen LogP contribution in [0.1, 0.15) is 6.92 Å². The number of aliphatic carboxylic acids is 1. The highest BCUT2D eigenvalue weighted by Gasteiger charge is 2.22. The van der Waals surface area contributed by atoms with E-state index in [9.17, 15) is 14.0 Å².